The fraction of sp³-hybridized carbons (Fsp3) is 0.370. The summed E-state index contributed by atoms with van der Waals surface area (Å²) < 4.78 is 20.8. The molecule has 5 rings (SSSR count). The number of aromatic nitrogens is 2. The first-order chi connectivity index (χ1) is 17.7. The molecule has 1 amide bonds. The zero-order valence-corrected chi connectivity index (χ0v) is 22.5. The molecule has 1 aromatic heterocycles. The molecule has 3 heterocycles. The predicted molar refractivity (Wildman–Crippen MR) is 146 cm³/mol. The highest BCUT2D eigenvalue weighted by atomic mass is 35.5. The van der Waals surface area contributed by atoms with E-state index in [0.29, 0.717) is 36.3 Å². The first-order valence-corrected chi connectivity index (χ1v) is 13.5. The van der Waals surface area contributed by atoms with E-state index in [9.17, 15) is 14.0 Å². The number of hydrogen-bond donors (Lipinski definition) is 0. The van der Waals surface area contributed by atoms with Crippen molar-refractivity contribution in [1.29, 1.82) is 0 Å². The molecule has 3 aromatic rings. The van der Waals surface area contributed by atoms with Crippen molar-refractivity contribution in [2.24, 2.45) is 0 Å². The van der Waals surface area contributed by atoms with Crippen molar-refractivity contribution >= 4 is 46.0 Å². The minimum Gasteiger partial charge on any atom is -0.383 e. The van der Waals surface area contributed by atoms with Gasteiger partial charge in [0.1, 0.15) is 11.6 Å². The predicted octanol–water partition coefficient (Wildman–Crippen LogP) is 4.76. The molecule has 7 nitrogen and oxygen atoms in total. The quantitative estimate of drug-likeness (QED) is 0.433. The van der Waals surface area contributed by atoms with Crippen molar-refractivity contribution in [3.05, 3.63) is 64.3 Å². The fourth-order valence-corrected chi connectivity index (χ4v) is 7.23. The SMILES string of the molecule is C=CC(=O)N1[C@H](C)CN(c2nc(=O)n3c4c(c(-c5ccc(F)cc5)c(Cl)cc24)SCC3COC)C[C@@H]1C. The van der Waals surface area contributed by atoms with Gasteiger partial charge in [0, 0.05) is 53.9 Å². The number of hydrogen-bond acceptors (Lipinski definition) is 6. The summed E-state index contributed by atoms with van der Waals surface area (Å²) in [4.78, 5) is 35.3. The van der Waals surface area contributed by atoms with Gasteiger partial charge in [-0.15, -0.1) is 11.8 Å². The highest BCUT2D eigenvalue weighted by Gasteiger charge is 2.35. The van der Waals surface area contributed by atoms with Gasteiger partial charge >= 0.3 is 5.69 Å². The minimum absolute atomic E-state index is 0.106. The number of rotatable bonds is 5. The average molecular weight is 543 g/mol. The van der Waals surface area contributed by atoms with Crippen LogP contribution in [0.3, 0.4) is 0 Å². The van der Waals surface area contributed by atoms with E-state index < -0.39 is 0 Å². The first-order valence-electron chi connectivity index (χ1n) is 12.1. The number of carbonyl (C=O) groups excluding carboxylic acids is 1. The Morgan fingerprint density at radius 3 is 2.57 bits per heavy atom. The van der Waals surface area contributed by atoms with Crippen LogP contribution in [-0.2, 0) is 9.53 Å². The third-order valence-electron chi connectivity index (χ3n) is 7.02. The van der Waals surface area contributed by atoms with Crippen LogP contribution in [0.25, 0.3) is 22.0 Å². The summed E-state index contributed by atoms with van der Waals surface area (Å²) in [5, 5.41) is 1.27. The third-order valence-corrected chi connectivity index (χ3v) is 8.56. The lowest BCUT2D eigenvalue weighted by Gasteiger charge is -2.45. The number of halogens is 2. The maximum absolute atomic E-state index is 13.7. The smallest absolute Gasteiger partial charge is 0.350 e. The molecule has 0 spiro atoms. The highest BCUT2D eigenvalue weighted by Crippen LogP contribution is 2.47. The minimum atomic E-state index is -0.358. The second-order valence-corrected chi connectivity index (χ2v) is 11.0. The van der Waals surface area contributed by atoms with Crippen LogP contribution in [0, 0.1) is 5.82 Å². The molecule has 0 saturated carbocycles. The molecule has 0 bridgehead atoms. The second-order valence-electron chi connectivity index (χ2n) is 9.53. The summed E-state index contributed by atoms with van der Waals surface area (Å²) in [5.74, 6) is 0.716. The van der Waals surface area contributed by atoms with Crippen LogP contribution in [0.4, 0.5) is 10.2 Å². The summed E-state index contributed by atoms with van der Waals surface area (Å²) in [6.07, 6.45) is 1.33. The molecule has 1 fully saturated rings. The maximum Gasteiger partial charge on any atom is 0.350 e. The molecule has 10 heteroatoms. The molecule has 2 aromatic carbocycles. The van der Waals surface area contributed by atoms with E-state index in [1.165, 1.54) is 18.2 Å². The molecule has 2 aliphatic rings. The summed E-state index contributed by atoms with van der Waals surface area (Å²) in [5.41, 5.74) is 1.94. The molecule has 1 unspecified atom stereocenters. The number of nitrogens with zero attached hydrogens (tertiary/aromatic N) is 4. The Kier molecular flexibility index (Phi) is 7.04. The van der Waals surface area contributed by atoms with Crippen molar-refractivity contribution in [2.75, 3.05) is 37.5 Å². The number of piperazine rings is 1. The van der Waals surface area contributed by atoms with Crippen LogP contribution < -0.4 is 10.6 Å². The van der Waals surface area contributed by atoms with E-state index in [-0.39, 0.29) is 35.5 Å². The Bertz CT molecular complexity index is 1430. The van der Waals surface area contributed by atoms with Gasteiger partial charge in [0.15, 0.2) is 0 Å². The Morgan fingerprint density at radius 1 is 1.27 bits per heavy atom. The van der Waals surface area contributed by atoms with Crippen LogP contribution in [0.5, 0.6) is 0 Å². The van der Waals surface area contributed by atoms with E-state index in [1.54, 1.807) is 35.6 Å². The Morgan fingerprint density at radius 2 is 1.95 bits per heavy atom. The number of benzene rings is 2. The van der Waals surface area contributed by atoms with Crippen molar-refractivity contribution < 1.29 is 13.9 Å². The highest BCUT2D eigenvalue weighted by molar-refractivity contribution is 7.99. The van der Waals surface area contributed by atoms with Gasteiger partial charge < -0.3 is 14.5 Å². The van der Waals surface area contributed by atoms with Gasteiger partial charge in [-0.3, -0.25) is 9.36 Å². The van der Waals surface area contributed by atoms with Crippen LogP contribution >= 0.6 is 23.4 Å². The van der Waals surface area contributed by atoms with Gasteiger partial charge in [-0.2, -0.15) is 4.98 Å². The van der Waals surface area contributed by atoms with E-state index >= 15 is 0 Å². The van der Waals surface area contributed by atoms with Gasteiger partial charge in [-0.1, -0.05) is 30.3 Å². The topological polar surface area (TPSA) is 67.7 Å². The number of amides is 1. The summed E-state index contributed by atoms with van der Waals surface area (Å²) in [6.45, 7) is 8.98. The molecule has 1 saturated heterocycles. The monoisotopic (exact) mass is 542 g/mol. The lowest BCUT2D eigenvalue weighted by molar-refractivity contribution is -0.130. The molecule has 0 aliphatic carbocycles. The largest absolute Gasteiger partial charge is 0.383 e. The number of ether oxygens (including phenoxy) is 1. The van der Waals surface area contributed by atoms with Gasteiger partial charge in [0.25, 0.3) is 0 Å². The second kappa shape index (κ2) is 10.1. The molecule has 0 N–H and O–H groups in total. The summed E-state index contributed by atoms with van der Waals surface area (Å²) in [6, 6.07) is 7.65. The molecule has 194 valence electrons. The van der Waals surface area contributed by atoms with Crippen molar-refractivity contribution in [1.82, 2.24) is 14.5 Å². The standard InChI is InChI=1S/C27H28ClFN4O3S/c1-5-22(34)32-15(2)11-31(12-16(32)3)26-20-10-21(28)23(17-6-8-18(29)9-7-17)25-24(20)33(27(35)30-26)19(13-36-4)14-37-25/h5-10,15-16,19H,1,11-14H2,2-4H3/t15-,16+,19?. The van der Waals surface area contributed by atoms with Crippen molar-refractivity contribution in [3.8, 4) is 11.1 Å². The molecule has 0 radical (unpaired) electrons. The van der Waals surface area contributed by atoms with Gasteiger partial charge in [0.2, 0.25) is 5.91 Å². The number of thioether (sulfide) groups is 1. The first kappa shape index (κ1) is 25.8. The van der Waals surface area contributed by atoms with E-state index in [4.69, 9.17) is 16.3 Å². The van der Waals surface area contributed by atoms with E-state index in [1.807, 2.05) is 24.8 Å². The lowest BCUT2D eigenvalue weighted by Crippen LogP contribution is -2.58. The molecular weight excluding hydrogens is 515 g/mol. The van der Waals surface area contributed by atoms with Crippen molar-refractivity contribution in [3.63, 3.8) is 0 Å². The Hall–Kier alpha value is -2.88. The number of methoxy groups -OCH3 is 1. The zero-order valence-electron chi connectivity index (χ0n) is 20.9. The number of anilines is 1. The van der Waals surface area contributed by atoms with Crippen LogP contribution in [0.2, 0.25) is 5.02 Å². The molecular formula is C27H28ClFN4O3S. The third kappa shape index (κ3) is 4.43. The summed E-state index contributed by atoms with van der Waals surface area (Å²) in [7, 11) is 1.61. The van der Waals surface area contributed by atoms with Crippen LogP contribution in [-0.4, -0.2) is 65.0 Å². The average Bonchev–Trinajstić information content (AvgIpc) is 2.86. The Labute approximate surface area is 223 Å². The molecule has 2 aliphatic heterocycles. The van der Waals surface area contributed by atoms with Gasteiger partial charge in [-0.05, 0) is 43.7 Å². The molecule has 37 heavy (non-hydrogen) atoms. The van der Waals surface area contributed by atoms with E-state index in [2.05, 4.69) is 16.5 Å². The van der Waals surface area contributed by atoms with Crippen LogP contribution in [0.15, 0.2) is 52.7 Å². The van der Waals surface area contributed by atoms with Crippen molar-refractivity contribution in [2.45, 2.75) is 36.9 Å². The zero-order chi connectivity index (χ0) is 26.4. The summed E-state index contributed by atoms with van der Waals surface area (Å²) >= 11 is 8.51. The van der Waals surface area contributed by atoms with Gasteiger partial charge in [-0.25, -0.2) is 9.18 Å². The number of carbonyl (C=O) groups is 1. The lowest BCUT2D eigenvalue weighted by atomic mass is 10.0. The van der Waals surface area contributed by atoms with Gasteiger partial charge in [0.05, 0.1) is 23.2 Å². The Balaban J connectivity index is 1.73. The fourth-order valence-electron chi connectivity index (χ4n) is 5.54. The molecule has 3 atom stereocenters. The van der Waals surface area contributed by atoms with E-state index in [0.717, 1.165) is 26.9 Å². The normalized spacial score (nSPS) is 21.4. The maximum atomic E-state index is 13.7. The van der Waals surface area contributed by atoms with Crippen LogP contribution in [0.1, 0.15) is 19.9 Å².